The number of carbonyl (C=O) groups is 1. The molecule has 1 aromatic carbocycles. The van der Waals surface area contributed by atoms with Crippen LogP contribution in [0.3, 0.4) is 0 Å². The molecular formula is C15H15F2N3O3S. The summed E-state index contributed by atoms with van der Waals surface area (Å²) in [7, 11) is 0. The quantitative estimate of drug-likeness (QED) is 0.464. The first-order valence-electron chi connectivity index (χ1n) is 6.96. The van der Waals surface area contributed by atoms with E-state index in [4.69, 9.17) is 10.5 Å². The predicted molar refractivity (Wildman–Crippen MR) is 85.0 cm³/mol. The minimum atomic E-state index is -2.90. The van der Waals surface area contributed by atoms with Gasteiger partial charge in [0.2, 0.25) is 0 Å². The number of ether oxygens (including phenoxy) is 2. The van der Waals surface area contributed by atoms with Gasteiger partial charge in [-0.05, 0) is 13.0 Å². The molecule has 1 heterocycles. The third-order valence-electron chi connectivity index (χ3n) is 2.84. The number of esters is 1. The third-order valence-corrected chi connectivity index (χ3v) is 3.75. The average Bonchev–Trinajstić information content (AvgIpc) is 2.53. The lowest BCUT2D eigenvalue weighted by Crippen LogP contribution is -2.10. The van der Waals surface area contributed by atoms with Gasteiger partial charge in [0, 0.05) is 17.5 Å². The third kappa shape index (κ3) is 4.79. The highest BCUT2D eigenvalue weighted by Gasteiger charge is 2.15. The van der Waals surface area contributed by atoms with Crippen molar-refractivity contribution in [1.29, 1.82) is 0 Å². The van der Waals surface area contributed by atoms with Crippen LogP contribution in [0.15, 0.2) is 35.6 Å². The van der Waals surface area contributed by atoms with Crippen LogP contribution in [0.4, 0.5) is 14.6 Å². The summed E-state index contributed by atoms with van der Waals surface area (Å²) in [4.78, 5) is 19.7. The zero-order valence-corrected chi connectivity index (χ0v) is 13.6. The number of nitrogens with two attached hydrogens (primary N) is 1. The van der Waals surface area contributed by atoms with E-state index in [1.165, 1.54) is 24.0 Å². The van der Waals surface area contributed by atoms with Crippen LogP contribution in [0.2, 0.25) is 0 Å². The van der Waals surface area contributed by atoms with Crippen molar-refractivity contribution in [3.8, 4) is 5.75 Å². The van der Waals surface area contributed by atoms with E-state index in [9.17, 15) is 13.6 Å². The first kappa shape index (κ1) is 17.9. The van der Waals surface area contributed by atoms with Gasteiger partial charge in [0.25, 0.3) is 0 Å². The van der Waals surface area contributed by atoms with Gasteiger partial charge in [-0.3, -0.25) is 0 Å². The number of thioether (sulfide) groups is 1. The van der Waals surface area contributed by atoms with E-state index >= 15 is 0 Å². The molecule has 0 aliphatic rings. The number of hydrogen-bond acceptors (Lipinski definition) is 7. The van der Waals surface area contributed by atoms with Gasteiger partial charge < -0.3 is 15.2 Å². The molecule has 0 aliphatic heterocycles. The van der Waals surface area contributed by atoms with Crippen molar-refractivity contribution in [2.24, 2.45) is 0 Å². The molecule has 24 heavy (non-hydrogen) atoms. The van der Waals surface area contributed by atoms with Crippen molar-refractivity contribution in [3.05, 3.63) is 41.6 Å². The number of carbonyl (C=O) groups excluding carboxylic acids is 1. The Hall–Kier alpha value is -2.42. The second-order valence-corrected chi connectivity index (χ2v) is 5.39. The fraction of sp³-hybridized carbons (Fsp3) is 0.267. The number of para-hydroxylation sites is 1. The molecule has 2 N–H and O–H groups in total. The van der Waals surface area contributed by atoms with Gasteiger partial charge in [-0.1, -0.05) is 30.0 Å². The molecule has 0 amide bonds. The average molecular weight is 355 g/mol. The standard InChI is InChI=1S/C15H15F2N3O3S/c1-2-22-13(21)10-7-19-15(20-12(10)18)24-8-9-5-3-4-6-11(9)23-14(16)17/h3-7,14H,2,8H2,1H3,(H2,18,19,20). The molecule has 0 fully saturated rings. The van der Waals surface area contributed by atoms with Crippen molar-refractivity contribution in [2.45, 2.75) is 24.4 Å². The van der Waals surface area contributed by atoms with E-state index in [2.05, 4.69) is 14.7 Å². The summed E-state index contributed by atoms with van der Waals surface area (Å²) in [6, 6.07) is 6.45. The Morgan fingerprint density at radius 1 is 1.38 bits per heavy atom. The van der Waals surface area contributed by atoms with E-state index < -0.39 is 12.6 Å². The minimum absolute atomic E-state index is 0.00284. The minimum Gasteiger partial charge on any atom is -0.462 e. The highest BCUT2D eigenvalue weighted by atomic mass is 32.2. The molecule has 0 saturated heterocycles. The van der Waals surface area contributed by atoms with Crippen LogP contribution in [-0.2, 0) is 10.5 Å². The maximum Gasteiger partial charge on any atom is 0.387 e. The van der Waals surface area contributed by atoms with Gasteiger partial charge in [0.15, 0.2) is 5.16 Å². The SMILES string of the molecule is CCOC(=O)c1cnc(SCc2ccccc2OC(F)F)nc1N. The summed E-state index contributed by atoms with van der Waals surface area (Å²) in [6.07, 6.45) is 1.28. The van der Waals surface area contributed by atoms with E-state index in [1.54, 1.807) is 25.1 Å². The molecule has 128 valence electrons. The Morgan fingerprint density at radius 3 is 2.79 bits per heavy atom. The lowest BCUT2D eigenvalue weighted by molar-refractivity contribution is -0.0503. The lowest BCUT2D eigenvalue weighted by Gasteiger charge is -2.10. The molecule has 2 rings (SSSR count). The summed E-state index contributed by atoms with van der Waals surface area (Å²) in [5.74, 6) is -0.192. The number of hydrogen-bond donors (Lipinski definition) is 1. The van der Waals surface area contributed by atoms with Gasteiger partial charge in [-0.15, -0.1) is 0 Å². The fourth-order valence-corrected chi connectivity index (χ4v) is 2.60. The van der Waals surface area contributed by atoms with Crippen LogP contribution in [0, 0.1) is 0 Å². The van der Waals surface area contributed by atoms with Crippen molar-refractivity contribution in [1.82, 2.24) is 9.97 Å². The van der Waals surface area contributed by atoms with Crippen molar-refractivity contribution in [2.75, 3.05) is 12.3 Å². The fourth-order valence-electron chi connectivity index (χ4n) is 1.79. The van der Waals surface area contributed by atoms with Crippen molar-refractivity contribution >= 4 is 23.5 Å². The Labute approximate surface area is 141 Å². The van der Waals surface area contributed by atoms with Crippen LogP contribution >= 0.6 is 11.8 Å². The number of halogens is 2. The highest BCUT2D eigenvalue weighted by molar-refractivity contribution is 7.98. The zero-order chi connectivity index (χ0) is 17.5. The number of anilines is 1. The Kier molecular flexibility index (Phi) is 6.30. The number of aromatic nitrogens is 2. The number of nitrogens with zero attached hydrogens (tertiary/aromatic N) is 2. The van der Waals surface area contributed by atoms with E-state index in [0.29, 0.717) is 16.5 Å². The van der Waals surface area contributed by atoms with Gasteiger partial charge in [0.1, 0.15) is 17.1 Å². The zero-order valence-electron chi connectivity index (χ0n) is 12.7. The van der Waals surface area contributed by atoms with Crippen molar-refractivity contribution in [3.63, 3.8) is 0 Å². The Balaban J connectivity index is 2.08. The van der Waals surface area contributed by atoms with Gasteiger partial charge in [-0.25, -0.2) is 14.8 Å². The second-order valence-electron chi connectivity index (χ2n) is 4.45. The molecule has 0 radical (unpaired) electrons. The van der Waals surface area contributed by atoms with Gasteiger partial charge in [-0.2, -0.15) is 8.78 Å². The molecule has 0 unspecified atom stereocenters. The summed E-state index contributed by atoms with van der Waals surface area (Å²) in [5, 5.41) is 0.312. The predicted octanol–water partition coefficient (Wildman–Crippen LogP) is 3.13. The van der Waals surface area contributed by atoms with Gasteiger partial charge in [0.05, 0.1) is 6.61 Å². The number of nitrogen functional groups attached to an aromatic ring is 1. The van der Waals surface area contributed by atoms with E-state index in [1.807, 2.05) is 0 Å². The normalized spacial score (nSPS) is 10.7. The molecule has 9 heteroatoms. The van der Waals surface area contributed by atoms with Crippen molar-refractivity contribution < 1.29 is 23.0 Å². The van der Waals surface area contributed by atoms with E-state index in [-0.39, 0.29) is 23.7 Å². The summed E-state index contributed by atoms with van der Waals surface area (Å²) in [6.45, 7) is -1.000. The first-order valence-corrected chi connectivity index (χ1v) is 7.95. The topological polar surface area (TPSA) is 87.3 Å². The summed E-state index contributed by atoms with van der Waals surface area (Å²) in [5.41, 5.74) is 6.38. The van der Waals surface area contributed by atoms with Crippen LogP contribution < -0.4 is 10.5 Å². The maximum atomic E-state index is 12.4. The largest absolute Gasteiger partial charge is 0.462 e. The number of alkyl halides is 2. The molecule has 1 aromatic heterocycles. The summed E-state index contributed by atoms with van der Waals surface area (Å²) < 4.78 is 34.1. The summed E-state index contributed by atoms with van der Waals surface area (Å²) >= 11 is 1.18. The molecule has 0 aliphatic carbocycles. The van der Waals surface area contributed by atoms with Crippen LogP contribution in [0.1, 0.15) is 22.8 Å². The highest BCUT2D eigenvalue weighted by Crippen LogP contribution is 2.27. The maximum absolute atomic E-state index is 12.4. The molecule has 6 nitrogen and oxygen atoms in total. The number of rotatable bonds is 7. The van der Waals surface area contributed by atoms with E-state index in [0.717, 1.165) is 0 Å². The van der Waals surface area contributed by atoms with Crippen LogP contribution in [0.5, 0.6) is 5.75 Å². The monoisotopic (exact) mass is 355 g/mol. The Bertz CT molecular complexity index is 716. The van der Waals surface area contributed by atoms with Crippen LogP contribution in [-0.4, -0.2) is 29.2 Å². The molecule has 2 aromatic rings. The van der Waals surface area contributed by atoms with Crippen LogP contribution in [0.25, 0.3) is 0 Å². The molecule has 0 bridgehead atoms. The molecular weight excluding hydrogens is 340 g/mol. The number of benzene rings is 1. The first-order chi connectivity index (χ1) is 11.5. The molecule has 0 saturated carbocycles. The lowest BCUT2D eigenvalue weighted by atomic mass is 10.2. The second kappa shape index (κ2) is 8.44. The smallest absolute Gasteiger partial charge is 0.387 e. The molecule has 0 atom stereocenters. The molecule has 0 spiro atoms. The Morgan fingerprint density at radius 2 is 2.12 bits per heavy atom. The van der Waals surface area contributed by atoms with Gasteiger partial charge >= 0.3 is 12.6 Å².